The van der Waals surface area contributed by atoms with Crippen LogP contribution in [0, 0.1) is 6.92 Å². The van der Waals surface area contributed by atoms with E-state index >= 15 is 0 Å². The van der Waals surface area contributed by atoms with E-state index in [9.17, 15) is 9.59 Å². The van der Waals surface area contributed by atoms with E-state index in [1.54, 1.807) is 21.6 Å². The summed E-state index contributed by atoms with van der Waals surface area (Å²) in [5, 5.41) is 0. The van der Waals surface area contributed by atoms with Crippen LogP contribution >= 0.6 is 24.0 Å². The number of aromatic nitrogens is 2. The topological polar surface area (TPSA) is 70.4 Å². The molecule has 3 aliphatic rings. The number of carbonyl (C=O) groups is 1. The minimum Gasteiger partial charge on any atom is -0.376 e. The van der Waals surface area contributed by atoms with Crippen LogP contribution in [0.2, 0.25) is 0 Å². The summed E-state index contributed by atoms with van der Waals surface area (Å²) >= 11 is 6.79. The summed E-state index contributed by atoms with van der Waals surface area (Å²) in [6, 6.07) is 14.2. The number of hydrogen-bond donors (Lipinski definition) is 0. The number of hydrogen-bond acceptors (Lipinski definition) is 8. The largest absolute Gasteiger partial charge is 0.376 e. The summed E-state index contributed by atoms with van der Waals surface area (Å²) < 4.78 is 7.79. The smallest absolute Gasteiger partial charge is 0.267 e. The van der Waals surface area contributed by atoms with Gasteiger partial charge in [0.15, 0.2) is 0 Å². The zero-order valence-electron chi connectivity index (χ0n) is 21.2. The minimum atomic E-state index is -0.191. The Kier molecular flexibility index (Phi) is 6.94. The molecule has 0 aliphatic carbocycles. The minimum absolute atomic E-state index is 0.00394. The molecule has 0 unspecified atom stereocenters. The van der Waals surface area contributed by atoms with Gasteiger partial charge < -0.3 is 14.5 Å². The van der Waals surface area contributed by atoms with Crippen LogP contribution in [-0.4, -0.2) is 69.9 Å². The standard InChI is InChI=1S/C28H29N5O3S2/c1-19-9-10-24-29-25(31-13-11-30(12-14-31)20-6-3-2-4-7-20)22(26(34)32(24)17-19)16-23-27(35)33(28(37)38-23)18-21-8-5-15-36-21/h2-4,6-7,9-10,16-17,21H,5,8,11-15,18H2,1H3/b23-16-/t21-/m1/s1. The number of carbonyl (C=O) groups excluding carboxylic acids is 1. The molecule has 0 saturated carbocycles. The fraction of sp³-hybridized carbons (Fsp3) is 0.357. The summed E-state index contributed by atoms with van der Waals surface area (Å²) in [5.74, 6) is 0.431. The van der Waals surface area contributed by atoms with Crippen molar-refractivity contribution in [1.29, 1.82) is 0 Å². The second kappa shape index (κ2) is 10.5. The van der Waals surface area contributed by atoms with Crippen molar-refractivity contribution in [1.82, 2.24) is 14.3 Å². The SMILES string of the molecule is Cc1ccc2nc(N3CCN(c4ccccc4)CC3)c(/C=C3\SC(=S)N(C[C@H]4CCCO4)C3=O)c(=O)n2c1. The molecule has 1 atom stereocenters. The maximum absolute atomic E-state index is 13.8. The van der Waals surface area contributed by atoms with E-state index in [4.69, 9.17) is 21.9 Å². The molecule has 3 fully saturated rings. The molecule has 8 nitrogen and oxygen atoms in total. The van der Waals surface area contributed by atoms with E-state index in [-0.39, 0.29) is 17.6 Å². The molecular formula is C28H29N5O3S2. The molecule has 0 N–H and O–H groups in total. The van der Waals surface area contributed by atoms with Crippen molar-refractivity contribution in [3.05, 3.63) is 75.0 Å². The Bertz CT molecular complexity index is 1480. The lowest BCUT2D eigenvalue weighted by Crippen LogP contribution is -2.47. The molecule has 196 valence electrons. The number of para-hydroxylation sites is 1. The van der Waals surface area contributed by atoms with Crippen molar-refractivity contribution in [2.24, 2.45) is 0 Å². The molecule has 6 rings (SSSR count). The number of nitrogens with zero attached hydrogens (tertiary/aromatic N) is 5. The lowest BCUT2D eigenvalue weighted by Gasteiger charge is -2.37. The highest BCUT2D eigenvalue weighted by atomic mass is 32.2. The first-order valence-electron chi connectivity index (χ1n) is 12.9. The van der Waals surface area contributed by atoms with Crippen molar-refractivity contribution in [3.8, 4) is 0 Å². The molecule has 0 radical (unpaired) electrons. The van der Waals surface area contributed by atoms with Crippen LogP contribution in [0.5, 0.6) is 0 Å². The highest BCUT2D eigenvalue weighted by molar-refractivity contribution is 8.26. The second-order valence-electron chi connectivity index (χ2n) is 9.83. The van der Waals surface area contributed by atoms with Gasteiger partial charge in [-0.3, -0.25) is 18.9 Å². The number of fused-ring (bicyclic) bond motifs is 1. The molecule has 2 aromatic heterocycles. The summed E-state index contributed by atoms with van der Waals surface area (Å²) in [4.78, 5) is 38.7. The Balaban J connectivity index is 1.35. The molecular weight excluding hydrogens is 518 g/mol. The lowest BCUT2D eigenvalue weighted by molar-refractivity contribution is -0.123. The van der Waals surface area contributed by atoms with Gasteiger partial charge in [0.25, 0.3) is 11.5 Å². The van der Waals surface area contributed by atoms with Crippen LogP contribution in [0.25, 0.3) is 11.7 Å². The van der Waals surface area contributed by atoms with Gasteiger partial charge in [-0.25, -0.2) is 4.98 Å². The van der Waals surface area contributed by atoms with Gasteiger partial charge in [0.05, 0.1) is 23.1 Å². The Morgan fingerprint density at radius 2 is 1.84 bits per heavy atom. The third-order valence-corrected chi connectivity index (χ3v) is 8.62. The zero-order chi connectivity index (χ0) is 26.2. The highest BCUT2D eigenvalue weighted by Crippen LogP contribution is 2.34. The molecule has 3 saturated heterocycles. The molecule has 5 heterocycles. The molecule has 1 aromatic carbocycles. The Labute approximate surface area is 230 Å². The van der Waals surface area contributed by atoms with E-state index < -0.39 is 0 Å². The fourth-order valence-electron chi connectivity index (χ4n) is 5.21. The Morgan fingerprint density at radius 1 is 1.08 bits per heavy atom. The van der Waals surface area contributed by atoms with E-state index in [1.807, 2.05) is 37.3 Å². The quantitative estimate of drug-likeness (QED) is 0.354. The predicted molar refractivity (Wildman–Crippen MR) is 156 cm³/mol. The molecule has 1 amide bonds. The molecule has 10 heteroatoms. The van der Waals surface area contributed by atoms with Gasteiger partial charge in [-0.05, 0) is 49.6 Å². The number of thioether (sulfide) groups is 1. The number of benzene rings is 1. The third kappa shape index (κ3) is 4.83. The van der Waals surface area contributed by atoms with E-state index in [0.717, 1.165) is 38.1 Å². The van der Waals surface area contributed by atoms with Crippen molar-refractivity contribution in [2.75, 3.05) is 49.1 Å². The number of amides is 1. The van der Waals surface area contributed by atoms with Crippen LogP contribution in [0.1, 0.15) is 24.0 Å². The van der Waals surface area contributed by atoms with Gasteiger partial charge in [-0.15, -0.1) is 0 Å². The normalized spacial score (nSPS) is 21.3. The molecule has 3 aromatic rings. The van der Waals surface area contributed by atoms with E-state index in [1.165, 1.54) is 17.4 Å². The number of rotatable bonds is 5. The summed E-state index contributed by atoms with van der Waals surface area (Å²) in [6.45, 7) is 6.15. The highest BCUT2D eigenvalue weighted by Gasteiger charge is 2.35. The molecule has 38 heavy (non-hydrogen) atoms. The van der Waals surface area contributed by atoms with E-state index in [2.05, 4.69) is 21.9 Å². The van der Waals surface area contributed by atoms with Gasteiger partial charge in [0.1, 0.15) is 15.8 Å². The van der Waals surface area contributed by atoms with Crippen LogP contribution in [-0.2, 0) is 9.53 Å². The lowest BCUT2D eigenvalue weighted by atomic mass is 10.2. The fourth-order valence-corrected chi connectivity index (χ4v) is 6.47. The predicted octanol–water partition coefficient (Wildman–Crippen LogP) is 3.71. The number of ether oxygens (including phenoxy) is 1. The molecule has 0 bridgehead atoms. The van der Waals surface area contributed by atoms with Crippen molar-refractivity contribution >= 4 is 57.4 Å². The van der Waals surface area contributed by atoms with Crippen LogP contribution in [0.4, 0.5) is 11.5 Å². The third-order valence-electron chi connectivity index (χ3n) is 7.25. The number of pyridine rings is 1. The maximum Gasteiger partial charge on any atom is 0.267 e. The molecule has 3 aliphatic heterocycles. The van der Waals surface area contributed by atoms with Crippen LogP contribution < -0.4 is 15.4 Å². The van der Waals surface area contributed by atoms with Crippen molar-refractivity contribution in [3.63, 3.8) is 0 Å². The summed E-state index contributed by atoms with van der Waals surface area (Å²) in [7, 11) is 0. The second-order valence-corrected chi connectivity index (χ2v) is 11.5. The zero-order valence-corrected chi connectivity index (χ0v) is 22.8. The average Bonchev–Trinajstić information content (AvgIpc) is 3.55. The Hall–Kier alpha value is -3.21. The number of anilines is 2. The van der Waals surface area contributed by atoms with Gasteiger partial charge in [-0.2, -0.15) is 0 Å². The number of aryl methyl sites for hydroxylation is 1. The van der Waals surface area contributed by atoms with Gasteiger partial charge in [0, 0.05) is 44.7 Å². The van der Waals surface area contributed by atoms with Gasteiger partial charge in [0.2, 0.25) is 0 Å². The van der Waals surface area contributed by atoms with Crippen molar-refractivity contribution < 1.29 is 9.53 Å². The Morgan fingerprint density at radius 3 is 2.58 bits per heavy atom. The van der Waals surface area contributed by atoms with E-state index in [0.29, 0.717) is 45.9 Å². The van der Waals surface area contributed by atoms with Gasteiger partial charge >= 0.3 is 0 Å². The first-order valence-corrected chi connectivity index (χ1v) is 14.2. The average molecular weight is 548 g/mol. The first kappa shape index (κ1) is 25.1. The monoisotopic (exact) mass is 547 g/mol. The summed E-state index contributed by atoms with van der Waals surface area (Å²) in [5.41, 5.74) is 2.95. The van der Waals surface area contributed by atoms with Crippen molar-refractivity contribution in [2.45, 2.75) is 25.9 Å². The van der Waals surface area contributed by atoms with Crippen LogP contribution in [0.15, 0.2) is 58.4 Å². The first-order chi connectivity index (χ1) is 18.5. The summed E-state index contributed by atoms with van der Waals surface area (Å²) in [6.07, 6.45) is 5.41. The number of thiocarbonyl (C=S) groups is 1. The van der Waals surface area contributed by atoms with Gasteiger partial charge in [-0.1, -0.05) is 48.2 Å². The number of piperazine rings is 1. The molecule has 0 spiro atoms. The van der Waals surface area contributed by atoms with Crippen LogP contribution in [0.3, 0.4) is 0 Å². The maximum atomic E-state index is 13.8.